The number of carbonyl (C=O) groups excluding carboxylic acids is 2. The lowest BCUT2D eigenvalue weighted by Gasteiger charge is -2.31. The zero-order valence-electron chi connectivity index (χ0n) is 13.0. The second-order valence-corrected chi connectivity index (χ2v) is 6.32. The molecule has 0 unspecified atom stereocenters. The van der Waals surface area contributed by atoms with Gasteiger partial charge in [0.05, 0.1) is 18.9 Å². The molecule has 2 aliphatic heterocycles. The van der Waals surface area contributed by atoms with Gasteiger partial charge in [-0.15, -0.1) is 0 Å². The lowest BCUT2D eigenvalue weighted by molar-refractivity contribution is -0.122. The summed E-state index contributed by atoms with van der Waals surface area (Å²) in [5.74, 6) is -0.957. The number of anilines is 1. The van der Waals surface area contributed by atoms with Gasteiger partial charge in [-0.25, -0.2) is 0 Å². The largest absolute Gasteiger partial charge is 0.378 e. The first-order valence-electron chi connectivity index (χ1n) is 7.47. The Balaban J connectivity index is 1.93. The van der Waals surface area contributed by atoms with Crippen LogP contribution in [0.1, 0.15) is 5.56 Å². The molecule has 2 heterocycles. The maximum absolute atomic E-state index is 12.8. The number of morpholine rings is 1. The lowest BCUT2D eigenvalue weighted by atomic mass is 10.1. The average Bonchev–Trinajstić information content (AvgIpc) is 2.55. The van der Waals surface area contributed by atoms with E-state index < -0.39 is 11.8 Å². The lowest BCUT2D eigenvalue weighted by Crippen LogP contribution is -2.54. The van der Waals surface area contributed by atoms with Gasteiger partial charge in [0, 0.05) is 24.3 Å². The SMILES string of the molecule is Cc1ccc(N2C(=O)C(=CN3CCOCC3)C(=O)NC2=S)cc1Cl. The van der Waals surface area contributed by atoms with E-state index in [4.69, 9.17) is 28.6 Å². The van der Waals surface area contributed by atoms with E-state index in [1.54, 1.807) is 24.4 Å². The van der Waals surface area contributed by atoms with Gasteiger partial charge in [-0.1, -0.05) is 17.7 Å². The third-order valence-electron chi connectivity index (χ3n) is 3.87. The molecule has 2 fully saturated rings. The molecule has 0 bridgehead atoms. The quantitative estimate of drug-likeness (QED) is 0.490. The number of hydrogen-bond donors (Lipinski definition) is 1. The Hall–Kier alpha value is -1.96. The standard InChI is InChI=1S/C16H16ClN3O3S/c1-10-2-3-11(8-13(10)17)20-15(22)12(14(21)18-16(20)24)9-19-4-6-23-7-5-19/h2-3,8-9H,4-7H2,1H3,(H,18,21,24). The van der Waals surface area contributed by atoms with Crippen LogP contribution in [0.3, 0.4) is 0 Å². The molecular formula is C16H16ClN3O3S. The summed E-state index contributed by atoms with van der Waals surface area (Å²) in [6.07, 6.45) is 1.57. The van der Waals surface area contributed by atoms with Crippen molar-refractivity contribution in [3.05, 3.63) is 40.6 Å². The normalized spacial score (nSPS) is 20.6. The minimum absolute atomic E-state index is 0.0437. The van der Waals surface area contributed by atoms with Crippen molar-refractivity contribution >= 4 is 46.4 Å². The Bertz CT molecular complexity index is 744. The first kappa shape index (κ1) is 16.9. The number of benzene rings is 1. The van der Waals surface area contributed by atoms with Gasteiger partial charge in [0.1, 0.15) is 5.57 Å². The van der Waals surface area contributed by atoms with Gasteiger partial charge in [0.15, 0.2) is 5.11 Å². The highest BCUT2D eigenvalue weighted by atomic mass is 35.5. The van der Waals surface area contributed by atoms with Crippen LogP contribution in [-0.2, 0) is 14.3 Å². The van der Waals surface area contributed by atoms with Crippen molar-refractivity contribution in [1.82, 2.24) is 10.2 Å². The Morgan fingerprint density at radius 1 is 1.29 bits per heavy atom. The van der Waals surface area contributed by atoms with E-state index in [1.807, 2.05) is 11.8 Å². The summed E-state index contributed by atoms with van der Waals surface area (Å²) in [5.41, 5.74) is 1.46. The van der Waals surface area contributed by atoms with Gasteiger partial charge in [-0.3, -0.25) is 19.8 Å². The topological polar surface area (TPSA) is 61.9 Å². The number of hydrogen-bond acceptors (Lipinski definition) is 5. The predicted octanol–water partition coefficient (Wildman–Crippen LogP) is 1.61. The van der Waals surface area contributed by atoms with Crippen molar-refractivity contribution in [2.24, 2.45) is 0 Å². The van der Waals surface area contributed by atoms with Crippen LogP contribution in [-0.4, -0.2) is 48.1 Å². The molecule has 0 spiro atoms. The van der Waals surface area contributed by atoms with E-state index >= 15 is 0 Å². The summed E-state index contributed by atoms with van der Waals surface area (Å²) >= 11 is 11.3. The molecule has 126 valence electrons. The molecule has 0 atom stereocenters. The third-order valence-corrected chi connectivity index (χ3v) is 4.56. The number of thiocarbonyl (C=S) groups is 1. The predicted molar refractivity (Wildman–Crippen MR) is 94.9 cm³/mol. The minimum Gasteiger partial charge on any atom is -0.378 e. The molecule has 0 aliphatic carbocycles. The maximum Gasteiger partial charge on any atom is 0.271 e. The van der Waals surface area contributed by atoms with E-state index in [-0.39, 0.29) is 10.7 Å². The Kier molecular flexibility index (Phi) is 4.84. The number of halogens is 1. The molecule has 2 aliphatic rings. The first-order valence-corrected chi connectivity index (χ1v) is 8.25. The van der Waals surface area contributed by atoms with Crippen LogP contribution in [0.15, 0.2) is 30.0 Å². The molecule has 1 aromatic carbocycles. The monoisotopic (exact) mass is 365 g/mol. The summed E-state index contributed by atoms with van der Waals surface area (Å²) in [4.78, 5) is 28.2. The number of amides is 2. The smallest absolute Gasteiger partial charge is 0.271 e. The zero-order chi connectivity index (χ0) is 17.3. The highest BCUT2D eigenvalue weighted by Gasteiger charge is 2.35. The zero-order valence-corrected chi connectivity index (χ0v) is 14.6. The summed E-state index contributed by atoms with van der Waals surface area (Å²) in [6.45, 7) is 4.26. The van der Waals surface area contributed by atoms with Crippen molar-refractivity contribution in [1.29, 1.82) is 0 Å². The van der Waals surface area contributed by atoms with Gasteiger partial charge < -0.3 is 9.64 Å². The fraction of sp³-hybridized carbons (Fsp3) is 0.312. The molecule has 2 amide bonds. The molecule has 1 aromatic rings. The summed E-state index contributed by atoms with van der Waals surface area (Å²) in [7, 11) is 0. The number of nitrogens with one attached hydrogen (secondary N) is 1. The molecule has 24 heavy (non-hydrogen) atoms. The number of ether oxygens (including phenoxy) is 1. The van der Waals surface area contributed by atoms with Gasteiger partial charge in [-0.05, 0) is 36.8 Å². The van der Waals surface area contributed by atoms with Crippen molar-refractivity contribution in [2.45, 2.75) is 6.92 Å². The number of aryl methyl sites for hydroxylation is 1. The van der Waals surface area contributed by atoms with Gasteiger partial charge in [-0.2, -0.15) is 0 Å². The van der Waals surface area contributed by atoms with Crippen LogP contribution in [0.5, 0.6) is 0 Å². The molecule has 0 aromatic heterocycles. The summed E-state index contributed by atoms with van der Waals surface area (Å²) in [6, 6.07) is 5.20. The second kappa shape index (κ2) is 6.88. The Morgan fingerprint density at radius 2 is 2.00 bits per heavy atom. The van der Waals surface area contributed by atoms with Gasteiger partial charge in [0.2, 0.25) is 0 Å². The fourth-order valence-electron chi connectivity index (χ4n) is 2.49. The van der Waals surface area contributed by atoms with Gasteiger partial charge >= 0.3 is 0 Å². The van der Waals surface area contributed by atoms with E-state index in [0.29, 0.717) is 37.0 Å². The molecule has 3 rings (SSSR count). The highest BCUT2D eigenvalue weighted by Crippen LogP contribution is 2.26. The highest BCUT2D eigenvalue weighted by molar-refractivity contribution is 7.80. The number of carbonyl (C=O) groups is 2. The van der Waals surface area contributed by atoms with Crippen LogP contribution in [0, 0.1) is 6.92 Å². The van der Waals surface area contributed by atoms with Gasteiger partial charge in [0.25, 0.3) is 11.8 Å². The van der Waals surface area contributed by atoms with Crippen LogP contribution in [0.25, 0.3) is 0 Å². The number of nitrogens with zero attached hydrogens (tertiary/aromatic N) is 2. The summed E-state index contributed by atoms with van der Waals surface area (Å²) in [5, 5.41) is 3.13. The van der Waals surface area contributed by atoms with Crippen LogP contribution >= 0.6 is 23.8 Å². The third kappa shape index (κ3) is 3.28. The first-order chi connectivity index (χ1) is 11.5. The number of rotatable bonds is 2. The van der Waals surface area contributed by atoms with E-state index in [1.165, 1.54) is 4.90 Å². The van der Waals surface area contributed by atoms with Crippen LogP contribution in [0.4, 0.5) is 5.69 Å². The molecule has 0 saturated carbocycles. The minimum atomic E-state index is -0.494. The van der Waals surface area contributed by atoms with E-state index in [2.05, 4.69) is 5.32 Å². The molecule has 6 nitrogen and oxygen atoms in total. The Labute approximate surface area is 150 Å². The average molecular weight is 366 g/mol. The fourth-order valence-corrected chi connectivity index (χ4v) is 2.94. The van der Waals surface area contributed by atoms with Crippen LogP contribution < -0.4 is 10.2 Å². The van der Waals surface area contributed by atoms with Crippen molar-refractivity contribution in [2.75, 3.05) is 31.2 Å². The van der Waals surface area contributed by atoms with E-state index in [0.717, 1.165) is 5.56 Å². The maximum atomic E-state index is 12.8. The molecule has 0 radical (unpaired) electrons. The Morgan fingerprint density at radius 3 is 2.67 bits per heavy atom. The van der Waals surface area contributed by atoms with Crippen molar-refractivity contribution < 1.29 is 14.3 Å². The van der Waals surface area contributed by atoms with Crippen molar-refractivity contribution in [3.8, 4) is 0 Å². The molecule has 8 heteroatoms. The van der Waals surface area contributed by atoms with Crippen molar-refractivity contribution in [3.63, 3.8) is 0 Å². The van der Waals surface area contributed by atoms with E-state index in [9.17, 15) is 9.59 Å². The molecular weight excluding hydrogens is 350 g/mol. The molecule has 2 saturated heterocycles. The molecule has 1 N–H and O–H groups in total. The second-order valence-electron chi connectivity index (χ2n) is 5.52. The van der Waals surface area contributed by atoms with Crippen LogP contribution in [0.2, 0.25) is 5.02 Å². The summed E-state index contributed by atoms with van der Waals surface area (Å²) < 4.78 is 5.27.